The second-order valence-electron chi connectivity index (χ2n) is 5.90. The van der Waals surface area contributed by atoms with Crippen molar-refractivity contribution in [3.63, 3.8) is 0 Å². The van der Waals surface area contributed by atoms with E-state index in [1.165, 1.54) is 37.8 Å². The maximum Gasteiger partial charge on any atom is 0.211 e. The van der Waals surface area contributed by atoms with Crippen LogP contribution in [0.3, 0.4) is 0 Å². The number of anilines is 1. The minimum Gasteiger partial charge on any atom is -0.328 e. The standard InChI is InChI=1S/C17H26N2O/c1-3-14-8-10-16(19(2)12-14)11-9-15-6-4-5-7-17(15)18-13-20/h4-7,13-14,16H,3,8-12H2,1-2H3,(H,18,20)/t14-,16-/m1/s1. The van der Waals surface area contributed by atoms with Crippen molar-refractivity contribution in [2.75, 3.05) is 18.9 Å². The van der Waals surface area contributed by atoms with E-state index in [-0.39, 0.29) is 0 Å². The number of nitrogens with one attached hydrogen (secondary N) is 1. The summed E-state index contributed by atoms with van der Waals surface area (Å²) in [5.74, 6) is 0.875. The molecule has 1 aliphatic heterocycles. The quantitative estimate of drug-likeness (QED) is 0.807. The van der Waals surface area contributed by atoms with Gasteiger partial charge in [0.05, 0.1) is 0 Å². The van der Waals surface area contributed by atoms with Gasteiger partial charge in [-0.15, -0.1) is 0 Å². The Labute approximate surface area is 122 Å². The van der Waals surface area contributed by atoms with Gasteiger partial charge in [0.15, 0.2) is 0 Å². The topological polar surface area (TPSA) is 32.3 Å². The van der Waals surface area contributed by atoms with E-state index in [4.69, 9.17) is 0 Å². The first-order valence-electron chi connectivity index (χ1n) is 7.73. The van der Waals surface area contributed by atoms with Crippen LogP contribution in [-0.4, -0.2) is 30.9 Å². The van der Waals surface area contributed by atoms with Crippen molar-refractivity contribution in [2.45, 2.75) is 45.1 Å². The summed E-state index contributed by atoms with van der Waals surface area (Å²) in [6, 6.07) is 8.78. The molecule has 20 heavy (non-hydrogen) atoms. The first-order valence-corrected chi connectivity index (χ1v) is 7.73. The molecule has 1 N–H and O–H groups in total. The maximum absolute atomic E-state index is 10.6. The van der Waals surface area contributed by atoms with E-state index in [2.05, 4.69) is 30.3 Å². The lowest BCUT2D eigenvalue weighted by Gasteiger charge is -2.37. The lowest BCUT2D eigenvalue weighted by atomic mass is 9.88. The van der Waals surface area contributed by atoms with Crippen molar-refractivity contribution in [3.8, 4) is 0 Å². The van der Waals surface area contributed by atoms with Gasteiger partial charge in [0.1, 0.15) is 0 Å². The highest BCUT2D eigenvalue weighted by Gasteiger charge is 2.24. The molecular formula is C17H26N2O. The van der Waals surface area contributed by atoms with Crippen LogP contribution >= 0.6 is 0 Å². The van der Waals surface area contributed by atoms with E-state index < -0.39 is 0 Å². The molecule has 3 nitrogen and oxygen atoms in total. The lowest BCUT2D eigenvalue weighted by Crippen LogP contribution is -2.40. The summed E-state index contributed by atoms with van der Waals surface area (Å²) in [6.45, 7) is 3.52. The molecule has 1 fully saturated rings. The van der Waals surface area contributed by atoms with Crippen LogP contribution in [0.5, 0.6) is 0 Å². The number of nitrogens with zero attached hydrogens (tertiary/aromatic N) is 1. The van der Waals surface area contributed by atoms with E-state index in [1.807, 2.05) is 18.2 Å². The summed E-state index contributed by atoms with van der Waals surface area (Å²) in [4.78, 5) is 13.2. The van der Waals surface area contributed by atoms with Crippen LogP contribution in [0.4, 0.5) is 5.69 Å². The zero-order valence-corrected chi connectivity index (χ0v) is 12.6. The first kappa shape index (κ1) is 15.0. The van der Waals surface area contributed by atoms with Gasteiger partial charge in [-0.25, -0.2) is 0 Å². The van der Waals surface area contributed by atoms with Gasteiger partial charge in [-0.05, 0) is 50.3 Å². The van der Waals surface area contributed by atoms with E-state index in [1.54, 1.807) is 0 Å². The minimum absolute atomic E-state index is 0.682. The number of hydrogen-bond donors (Lipinski definition) is 1. The van der Waals surface area contributed by atoms with E-state index in [9.17, 15) is 4.79 Å². The Morgan fingerprint density at radius 3 is 2.85 bits per heavy atom. The SMILES string of the molecule is CC[C@@H]1CC[C@H](CCc2ccccc2NC=O)N(C)C1. The summed E-state index contributed by atoms with van der Waals surface area (Å²) in [7, 11) is 2.25. The number of aryl methyl sites for hydroxylation is 1. The normalized spacial score (nSPS) is 23.5. The highest BCUT2D eigenvalue weighted by Crippen LogP contribution is 2.26. The Hall–Kier alpha value is -1.35. The molecule has 2 atom stereocenters. The molecule has 0 spiro atoms. The molecule has 0 radical (unpaired) electrons. The van der Waals surface area contributed by atoms with Crippen molar-refractivity contribution < 1.29 is 4.79 Å². The second-order valence-corrected chi connectivity index (χ2v) is 5.90. The van der Waals surface area contributed by atoms with E-state index >= 15 is 0 Å². The van der Waals surface area contributed by atoms with Crippen LogP contribution in [0.1, 0.15) is 38.2 Å². The number of piperidine rings is 1. The van der Waals surface area contributed by atoms with Crippen LogP contribution in [0, 0.1) is 5.92 Å². The van der Waals surface area contributed by atoms with Gasteiger partial charge in [0.25, 0.3) is 0 Å². The molecule has 0 aromatic heterocycles. The van der Waals surface area contributed by atoms with Crippen molar-refractivity contribution in [1.82, 2.24) is 4.90 Å². The summed E-state index contributed by atoms with van der Waals surface area (Å²) < 4.78 is 0. The van der Waals surface area contributed by atoms with Crippen molar-refractivity contribution in [3.05, 3.63) is 29.8 Å². The molecule has 3 heteroatoms. The molecule has 110 valence electrons. The van der Waals surface area contributed by atoms with Crippen molar-refractivity contribution in [1.29, 1.82) is 0 Å². The summed E-state index contributed by atoms with van der Waals surface area (Å²) in [6.07, 6.45) is 6.92. The van der Waals surface area contributed by atoms with Crippen molar-refractivity contribution >= 4 is 12.1 Å². The fourth-order valence-electron chi connectivity index (χ4n) is 3.26. The Morgan fingerprint density at radius 1 is 1.35 bits per heavy atom. The lowest BCUT2D eigenvalue weighted by molar-refractivity contribution is -0.105. The largest absolute Gasteiger partial charge is 0.328 e. The predicted octanol–water partition coefficient (Wildman–Crippen LogP) is 3.31. The fraction of sp³-hybridized carbons (Fsp3) is 0.588. The van der Waals surface area contributed by atoms with Gasteiger partial charge in [0.2, 0.25) is 6.41 Å². The molecule has 0 unspecified atom stereocenters. The monoisotopic (exact) mass is 274 g/mol. The first-order chi connectivity index (χ1) is 9.74. The van der Waals surface area contributed by atoms with Crippen molar-refractivity contribution in [2.24, 2.45) is 5.92 Å². The molecule has 0 bridgehead atoms. The van der Waals surface area contributed by atoms with Crippen LogP contribution in [-0.2, 0) is 11.2 Å². The summed E-state index contributed by atoms with van der Waals surface area (Å²) in [5, 5.41) is 2.80. The molecule has 1 aromatic rings. The van der Waals surface area contributed by atoms with Gasteiger partial charge in [-0.2, -0.15) is 0 Å². The molecule has 0 saturated carbocycles. The number of amides is 1. The average molecular weight is 274 g/mol. The zero-order chi connectivity index (χ0) is 14.4. The van der Waals surface area contributed by atoms with Gasteiger partial charge in [-0.3, -0.25) is 4.79 Å². The Morgan fingerprint density at radius 2 is 2.15 bits per heavy atom. The minimum atomic E-state index is 0.682. The molecule has 0 aliphatic carbocycles. The molecule has 2 rings (SSSR count). The number of carbonyl (C=O) groups is 1. The van der Waals surface area contributed by atoms with Crippen LogP contribution < -0.4 is 5.32 Å². The maximum atomic E-state index is 10.6. The number of carbonyl (C=O) groups excluding carboxylic acids is 1. The third kappa shape index (κ3) is 3.83. The summed E-state index contributed by atoms with van der Waals surface area (Å²) in [5.41, 5.74) is 2.19. The summed E-state index contributed by atoms with van der Waals surface area (Å²) >= 11 is 0. The predicted molar refractivity (Wildman–Crippen MR) is 83.9 cm³/mol. The average Bonchev–Trinajstić information content (AvgIpc) is 2.47. The fourth-order valence-corrected chi connectivity index (χ4v) is 3.26. The molecule has 1 aromatic carbocycles. The van der Waals surface area contributed by atoms with Gasteiger partial charge < -0.3 is 10.2 Å². The van der Waals surface area contributed by atoms with Gasteiger partial charge in [0, 0.05) is 18.3 Å². The number of hydrogen-bond acceptors (Lipinski definition) is 2. The number of para-hydroxylation sites is 1. The smallest absolute Gasteiger partial charge is 0.211 e. The molecule has 1 amide bonds. The number of rotatable bonds is 6. The van der Waals surface area contributed by atoms with E-state index in [0.29, 0.717) is 6.04 Å². The molecule has 1 aliphatic rings. The third-order valence-electron chi connectivity index (χ3n) is 4.63. The van der Waals surface area contributed by atoms with Crippen LogP contribution in [0.15, 0.2) is 24.3 Å². The highest BCUT2D eigenvalue weighted by atomic mass is 16.1. The molecular weight excluding hydrogens is 248 g/mol. The number of likely N-dealkylation sites (tertiary alicyclic amines) is 1. The Bertz CT molecular complexity index is 433. The van der Waals surface area contributed by atoms with Crippen LogP contribution in [0.2, 0.25) is 0 Å². The molecule has 1 heterocycles. The van der Waals surface area contributed by atoms with Gasteiger partial charge >= 0.3 is 0 Å². The molecule has 1 saturated heterocycles. The van der Waals surface area contributed by atoms with E-state index in [0.717, 1.165) is 24.4 Å². The Kier molecular flexibility index (Phi) is 5.60. The second kappa shape index (κ2) is 7.44. The van der Waals surface area contributed by atoms with Crippen LogP contribution in [0.25, 0.3) is 0 Å². The highest BCUT2D eigenvalue weighted by molar-refractivity contribution is 5.73. The Balaban J connectivity index is 1.90. The van der Waals surface area contributed by atoms with Gasteiger partial charge in [-0.1, -0.05) is 31.5 Å². The number of benzene rings is 1. The zero-order valence-electron chi connectivity index (χ0n) is 12.6. The third-order valence-corrected chi connectivity index (χ3v) is 4.63.